The maximum atomic E-state index is 12.1. The first-order valence-corrected chi connectivity index (χ1v) is 8.14. The molecule has 27 heavy (non-hydrogen) atoms. The number of amides is 1. The minimum absolute atomic E-state index is 0.0370. The number of anilines is 1. The predicted molar refractivity (Wildman–Crippen MR) is 99.9 cm³/mol. The van der Waals surface area contributed by atoms with Crippen molar-refractivity contribution in [1.29, 1.82) is 0 Å². The molecule has 0 spiro atoms. The van der Waals surface area contributed by atoms with Crippen LogP contribution in [0.15, 0.2) is 59.4 Å². The van der Waals surface area contributed by atoms with Gasteiger partial charge in [0.2, 0.25) is 0 Å². The molecule has 0 aliphatic carbocycles. The normalized spacial score (nSPS) is 10.4. The minimum Gasteiger partial charge on any atom is -0.451 e. The van der Waals surface area contributed by atoms with Crippen molar-refractivity contribution in [2.24, 2.45) is 0 Å². The Bertz CT molecular complexity index is 1100. The number of rotatable bonds is 5. The lowest BCUT2D eigenvalue weighted by Crippen LogP contribution is -2.22. The van der Waals surface area contributed by atoms with E-state index in [4.69, 9.17) is 4.74 Å². The third-order valence-electron chi connectivity index (χ3n) is 3.84. The molecule has 0 bridgehead atoms. The molecule has 7 nitrogen and oxygen atoms in total. The molecule has 136 valence electrons. The van der Waals surface area contributed by atoms with Crippen molar-refractivity contribution in [3.63, 3.8) is 0 Å². The summed E-state index contributed by atoms with van der Waals surface area (Å²) in [6, 6.07) is 14.3. The van der Waals surface area contributed by atoms with Crippen LogP contribution in [0.25, 0.3) is 10.9 Å². The van der Waals surface area contributed by atoms with Gasteiger partial charge in [0.25, 0.3) is 5.91 Å². The monoisotopic (exact) mass is 364 g/mol. The van der Waals surface area contributed by atoms with E-state index in [-0.39, 0.29) is 16.9 Å². The first-order chi connectivity index (χ1) is 12.9. The number of hydrogen-bond donors (Lipinski definition) is 2. The lowest BCUT2D eigenvalue weighted by Gasteiger charge is -2.08. The Morgan fingerprint density at radius 1 is 1.04 bits per heavy atom. The van der Waals surface area contributed by atoms with E-state index in [2.05, 4.69) is 10.3 Å². The third kappa shape index (κ3) is 4.27. The van der Waals surface area contributed by atoms with Gasteiger partial charge in [0.05, 0.1) is 0 Å². The van der Waals surface area contributed by atoms with Crippen LogP contribution in [-0.2, 0) is 9.53 Å². The highest BCUT2D eigenvalue weighted by Crippen LogP contribution is 2.11. The zero-order valence-corrected chi connectivity index (χ0v) is 14.4. The Morgan fingerprint density at radius 3 is 2.59 bits per heavy atom. The van der Waals surface area contributed by atoms with Crippen molar-refractivity contribution < 1.29 is 19.1 Å². The van der Waals surface area contributed by atoms with Gasteiger partial charge >= 0.3 is 5.97 Å². The molecule has 1 amide bonds. The highest BCUT2D eigenvalue weighted by atomic mass is 16.5. The molecule has 0 radical (unpaired) electrons. The van der Waals surface area contributed by atoms with E-state index in [1.807, 2.05) is 0 Å². The third-order valence-corrected chi connectivity index (χ3v) is 3.84. The first-order valence-electron chi connectivity index (χ1n) is 8.14. The second kappa shape index (κ2) is 7.65. The van der Waals surface area contributed by atoms with Crippen molar-refractivity contribution in [3.8, 4) is 0 Å². The highest BCUT2D eigenvalue weighted by molar-refractivity contribution is 5.98. The number of ketones is 1. The number of aromatic amines is 1. The van der Waals surface area contributed by atoms with Crippen LogP contribution in [0, 0.1) is 0 Å². The fraction of sp³-hybridized carbons (Fsp3) is 0.100. The molecule has 0 fully saturated rings. The van der Waals surface area contributed by atoms with Gasteiger partial charge in [-0.1, -0.05) is 24.3 Å². The molecule has 1 heterocycles. The van der Waals surface area contributed by atoms with E-state index in [0.717, 1.165) is 6.07 Å². The van der Waals surface area contributed by atoms with Gasteiger partial charge in [-0.15, -0.1) is 0 Å². The summed E-state index contributed by atoms with van der Waals surface area (Å²) in [5.74, 6) is -1.50. The van der Waals surface area contributed by atoms with Crippen LogP contribution in [0.2, 0.25) is 0 Å². The predicted octanol–water partition coefficient (Wildman–Crippen LogP) is 2.53. The summed E-state index contributed by atoms with van der Waals surface area (Å²) in [5, 5.41) is 3.00. The van der Waals surface area contributed by atoms with Crippen LogP contribution in [0.5, 0.6) is 0 Å². The quantitative estimate of drug-likeness (QED) is 0.535. The Morgan fingerprint density at radius 2 is 1.81 bits per heavy atom. The zero-order valence-electron chi connectivity index (χ0n) is 14.4. The van der Waals surface area contributed by atoms with E-state index < -0.39 is 18.5 Å². The Balaban J connectivity index is 1.65. The molecule has 0 aliphatic heterocycles. The molecule has 2 aromatic carbocycles. The lowest BCUT2D eigenvalue weighted by atomic mass is 10.1. The number of ether oxygens (including phenoxy) is 1. The van der Waals surface area contributed by atoms with Crippen LogP contribution in [0.1, 0.15) is 27.8 Å². The molecule has 7 heteroatoms. The van der Waals surface area contributed by atoms with Crippen LogP contribution < -0.4 is 10.7 Å². The van der Waals surface area contributed by atoms with Crippen molar-refractivity contribution >= 4 is 34.3 Å². The molecule has 1 aromatic heterocycles. The molecule has 0 saturated carbocycles. The number of Topliss-reactive ketones (excluding diaryl/α,β-unsaturated/α-hetero) is 1. The first kappa shape index (κ1) is 18.1. The molecule has 0 aliphatic rings. The van der Waals surface area contributed by atoms with E-state index >= 15 is 0 Å². The van der Waals surface area contributed by atoms with E-state index in [1.165, 1.54) is 13.0 Å². The largest absolute Gasteiger partial charge is 0.451 e. The summed E-state index contributed by atoms with van der Waals surface area (Å²) >= 11 is 0. The van der Waals surface area contributed by atoms with Gasteiger partial charge in [-0.25, -0.2) is 4.79 Å². The van der Waals surface area contributed by atoms with Crippen molar-refractivity contribution in [2.75, 3.05) is 11.9 Å². The lowest BCUT2D eigenvalue weighted by molar-refractivity contribution is -0.119. The van der Waals surface area contributed by atoms with Crippen molar-refractivity contribution in [3.05, 3.63) is 76.1 Å². The van der Waals surface area contributed by atoms with Crippen LogP contribution in [-0.4, -0.2) is 29.3 Å². The molecule has 2 N–H and O–H groups in total. The minimum atomic E-state index is -0.814. The fourth-order valence-electron chi connectivity index (χ4n) is 2.53. The number of fused-ring (bicyclic) bond motifs is 1. The Hall–Kier alpha value is -3.74. The number of benzene rings is 2. The number of nitrogens with one attached hydrogen (secondary N) is 2. The van der Waals surface area contributed by atoms with Crippen LogP contribution >= 0.6 is 0 Å². The van der Waals surface area contributed by atoms with Crippen LogP contribution in [0.3, 0.4) is 0 Å². The standard InChI is InChI=1S/C20H16N2O5/c1-12(23)13-5-4-6-14(9-13)21-19(25)11-27-20(26)17-10-18(24)15-7-2-3-8-16(15)22-17/h2-10H,11H2,1H3,(H,21,25)(H,22,24). The second-order valence-corrected chi connectivity index (χ2v) is 5.85. The molecular formula is C20H16N2O5. The summed E-state index contributed by atoms with van der Waals surface area (Å²) in [4.78, 5) is 50.3. The number of aromatic nitrogens is 1. The molecule has 3 rings (SSSR count). The van der Waals surface area contributed by atoms with Gasteiger partial charge in [-0.3, -0.25) is 14.4 Å². The second-order valence-electron chi connectivity index (χ2n) is 5.85. The van der Waals surface area contributed by atoms with E-state index in [0.29, 0.717) is 22.2 Å². The summed E-state index contributed by atoms with van der Waals surface area (Å²) in [6.45, 7) is 0.894. The molecule has 0 atom stereocenters. The number of esters is 1. The summed E-state index contributed by atoms with van der Waals surface area (Å²) < 4.78 is 4.96. The van der Waals surface area contributed by atoms with E-state index in [1.54, 1.807) is 42.5 Å². The summed E-state index contributed by atoms with van der Waals surface area (Å²) in [7, 11) is 0. The van der Waals surface area contributed by atoms with Gasteiger partial charge in [-0.05, 0) is 31.2 Å². The van der Waals surface area contributed by atoms with Gasteiger partial charge < -0.3 is 15.0 Å². The fourth-order valence-corrected chi connectivity index (χ4v) is 2.53. The number of carbonyl (C=O) groups is 3. The summed E-state index contributed by atoms with van der Waals surface area (Å²) in [6.07, 6.45) is 0. The smallest absolute Gasteiger partial charge is 0.355 e. The number of para-hydroxylation sites is 1. The van der Waals surface area contributed by atoms with Crippen LogP contribution in [0.4, 0.5) is 5.69 Å². The molecule has 0 unspecified atom stereocenters. The number of carbonyl (C=O) groups excluding carboxylic acids is 3. The average molecular weight is 364 g/mol. The summed E-state index contributed by atoms with van der Waals surface area (Å²) in [5.41, 5.74) is 1.02. The molecular weight excluding hydrogens is 348 g/mol. The van der Waals surface area contributed by atoms with E-state index in [9.17, 15) is 19.2 Å². The number of pyridine rings is 1. The number of hydrogen-bond acceptors (Lipinski definition) is 5. The topological polar surface area (TPSA) is 105 Å². The van der Waals surface area contributed by atoms with Gasteiger partial charge in [0.1, 0.15) is 5.69 Å². The average Bonchev–Trinajstić information content (AvgIpc) is 2.66. The van der Waals surface area contributed by atoms with Gasteiger partial charge in [0.15, 0.2) is 17.8 Å². The maximum absolute atomic E-state index is 12.1. The SMILES string of the molecule is CC(=O)c1cccc(NC(=O)COC(=O)c2cc(=O)c3ccccc3[nH]2)c1. The number of H-pyrrole nitrogens is 1. The Labute approximate surface area is 154 Å². The Kier molecular flexibility index (Phi) is 5.12. The maximum Gasteiger partial charge on any atom is 0.355 e. The highest BCUT2D eigenvalue weighted by Gasteiger charge is 2.13. The van der Waals surface area contributed by atoms with Gasteiger partial charge in [0, 0.05) is 28.2 Å². The molecule has 3 aromatic rings. The van der Waals surface area contributed by atoms with Crippen molar-refractivity contribution in [2.45, 2.75) is 6.92 Å². The van der Waals surface area contributed by atoms with Crippen molar-refractivity contribution in [1.82, 2.24) is 4.98 Å². The zero-order chi connectivity index (χ0) is 19.4. The van der Waals surface area contributed by atoms with Gasteiger partial charge in [-0.2, -0.15) is 0 Å². The molecule has 0 saturated heterocycles.